The van der Waals surface area contributed by atoms with Gasteiger partial charge < -0.3 is 20.1 Å². The molecule has 6 heteroatoms. The maximum atomic E-state index is 12.4. The van der Waals surface area contributed by atoms with Crippen LogP contribution in [0.1, 0.15) is 17.5 Å². The molecule has 0 aliphatic carbocycles. The Morgan fingerprint density at radius 1 is 1.43 bits per heavy atom. The molecular formula is C15H20N2O4. The monoisotopic (exact) mass is 292 g/mol. The first-order valence-electron chi connectivity index (χ1n) is 6.92. The van der Waals surface area contributed by atoms with Crippen molar-refractivity contribution < 1.29 is 19.4 Å². The van der Waals surface area contributed by atoms with Gasteiger partial charge in [-0.25, -0.2) is 4.79 Å². The van der Waals surface area contributed by atoms with E-state index >= 15 is 0 Å². The smallest absolute Gasteiger partial charge is 0.322 e. The first-order valence-corrected chi connectivity index (χ1v) is 6.92. The SMILES string of the molecule is Cc1ccc(NC(=O)N2CCOCC2CC(=O)O)c(C)c1. The summed E-state index contributed by atoms with van der Waals surface area (Å²) in [6, 6.07) is 5.06. The molecule has 2 N–H and O–H groups in total. The van der Waals surface area contributed by atoms with E-state index in [1.807, 2.05) is 32.0 Å². The van der Waals surface area contributed by atoms with Crippen molar-refractivity contribution in [3.05, 3.63) is 29.3 Å². The number of carbonyl (C=O) groups excluding carboxylic acids is 1. The van der Waals surface area contributed by atoms with Gasteiger partial charge in [0.05, 0.1) is 25.7 Å². The standard InChI is InChI=1S/C15H20N2O4/c1-10-3-4-13(11(2)7-10)16-15(20)17-5-6-21-9-12(17)8-14(18)19/h3-4,7,12H,5-6,8-9H2,1-2H3,(H,16,20)(H,18,19). The fourth-order valence-corrected chi connectivity index (χ4v) is 2.43. The highest BCUT2D eigenvalue weighted by molar-refractivity contribution is 5.90. The largest absolute Gasteiger partial charge is 0.481 e. The highest BCUT2D eigenvalue weighted by atomic mass is 16.5. The Morgan fingerprint density at radius 2 is 2.19 bits per heavy atom. The first kappa shape index (κ1) is 15.3. The van der Waals surface area contributed by atoms with Gasteiger partial charge in [-0.2, -0.15) is 0 Å². The summed E-state index contributed by atoms with van der Waals surface area (Å²) in [4.78, 5) is 24.8. The number of aliphatic carboxylic acids is 1. The molecule has 1 unspecified atom stereocenters. The average Bonchev–Trinajstić information content (AvgIpc) is 2.42. The Hall–Kier alpha value is -2.08. The summed E-state index contributed by atoms with van der Waals surface area (Å²) in [7, 11) is 0. The molecule has 1 saturated heterocycles. The number of morpholine rings is 1. The number of benzene rings is 1. The van der Waals surface area contributed by atoms with Gasteiger partial charge >= 0.3 is 12.0 Å². The lowest BCUT2D eigenvalue weighted by atomic mass is 10.1. The number of urea groups is 1. The van der Waals surface area contributed by atoms with Crippen molar-refractivity contribution in [2.45, 2.75) is 26.3 Å². The van der Waals surface area contributed by atoms with Crippen LogP contribution in [0.4, 0.5) is 10.5 Å². The van der Waals surface area contributed by atoms with Gasteiger partial charge in [0.2, 0.25) is 0 Å². The van der Waals surface area contributed by atoms with Crippen LogP contribution in [0.2, 0.25) is 0 Å². The molecule has 0 spiro atoms. The summed E-state index contributed by atoms with van der Waals surface area (Å²) in [6.07, 6.45) is -0.111. The van der Waals surface area contributed by atoms with Gasteiger partial charge in [-0.1, -0.05) is 17.7 Å². The molecule has 6 nitrogen and oxygen atoms in total. The van der Waals surface area contributed by atoms with Crippen molar-refractivity contribution in [2.24, 2.45) is 0 Å². The molecule has 114 valence electrons. The summed E-state index contributed by atoms with van der Waals surface area (Å²) >= 11 is 0. The third-order valence-electron chi connectivity index (χ3n) is 3.52. The van der Waals surface area contributed by atoms with Crippen LogP contribution in [0.3, 0.4) is 0 Å². The predicted octanol–water partition coefficient (Wildman–Crippen LogP) is 2.01. The molecule has 0 radical (unpaired) electrons. The molecule has 1 aromatic rings. The van der Waals surface area contributed by atoms with Crippen LogP contribution in [0.25, 0.3) is 0 Å². The van der Waals surface area contributed by atoms with E-state index in [-0.39, 0.29) is 19.1 Å². The fraction of sp³-hybridized carbons (Fsp3) is 0.467. The molecule has 1 atom stereocenters. The van der Waals surface area contributed by atoms with Crippen LogP contribution in [0.5, 0.6) is 0 Å². The number of hydrogen-bond acceptors (Lipinski definition) is 3. The molecule has 0 bridgehead atoms. The molecule has 1 fully saturated rings. The van der Waals surface area contributed by atoms with Crippen LogP contribution in [0.15, 0.2) is 18.2 Å². The topological polar surface area (TPSA) is 78.9 Å². The van der Waals surface area contributed by atoms with Crippen LogP contribution >= 0.6 is 0 Å². The van der Waals surface area contributed by atoms with Gasteiger partial charge in [-0.15, -0.1) is 0 Å². The summed E-state index contributed by atoms with van der Waals surface area (Å²) in [5, 5.41) is 11.8. The lowest BCUT2D eigenvalue weighted by Gasteiger charge is -2.34. The van der Waals surface area contributed by atoms with E-state index in [9.17, 15) is 9.59 Å². The number of ether oxygens (including phenoxy) is 1. The van der Waals surface area contributed by atoms with E-state index < -0.39 is 12.0 Å². The van der Waals surface area contributed by atoms with Gasteiger partial charge in [-0.05, 0) is 25.5 Å². The third kappa shape index (κ3) is 3.95. The fourth-order valence-electron chi connectivity index (χ4n) is 2.43. The summed E-state index contributed by atoms with van der Waals surface area (Å²) in [5.41, 5.74) is 2.85. The second kappa shape index (κ2) is 6.58. The van der Waals surface area contributed by atoms with Crippen molar-refractivity contribution >= 4 is 17.7 Å². The summed E-state index contributed by atoms with van der Waals surface area (Å²) < 4.78 is 5.27. The number of hydrogen-bond donors (Lipinski definition) is 2. The number of nitrogens with zero attached hydrogens (tertiary/aromatic N) is 1. The lowest BCUT2D eigenvalue weighted by molar-refractivity contribution is -0.139. The summed E-state index contributed by atoms with van der Waals surface area (Å²) in [6.45, 7) is 5.00. The second-order valence-electron chi connectivity index (χ2n) is 5.27. The third-order valence-corrected chi connectivity index (χ3v) is 3.52. The Bertz CT molecular complexity index is 544. The highest BCUT2D eigenvalue weighted by Gasteiger charge is 2.29. The van der Waals surface area contributed by atoms with E-state index in [2.05, 4.69) is 5.32 Å². The van der Waals surface area contributed by atoms with Gasteiger partial charge in [0, 0.05) is 12.2 Å². The molecular weight excluding hydrogens is 272 g/mol. The number of anilines is 1. The quantitative estimate of drug-likeness (QED) is 0.893. The highest BCUT2D eigenvalue weighted by Crippen LogP contribution is 2.18. The second-order valence-corrected chi connectivity index (χ2v) is 5.27. The number of rotatable bonds is 3. The Morgan fingerprint density at radius 3 is 2.86 bits per heavy atom. The summed E-state index contributed by atoms with van der Waals surface area (Å²) in [5.74, 6) is -0.935. The molecule has 1 aromatic carbocycles. The molecule has 2 amide bonds. The molecule has 21 heavy (non-hydrogen) atoms. The van der Waals surface area contributed by atoms with Crippen molar-refractivity contribution in [3.8, 4) is 0 Å². The Labute approximate surface area is 123 Å². The minimum Gasteiger partial charge on any atom is -0.481 e. The van der Waals surface area contributed by atoms with Gasteiger partial charge in [0.25, 0.3) is 0 Å². The van der Waals surface area contributed by atoms with E-state index in [1.54, 1.807) is 0 Å². The normalized spacial score (nSPS) is 18.4. The zero-order valence-electron chi connectivity index (χ0n) is 12.3. The lowest BCUT2D eigenvalue weighted by Crippen LogP contribution is -2.51. The van der Waals surface area contributed by atoms with Crippen LogP contribution < -0.4 is 5.32 Å². The first-order chi connectivity index (χ1) is 9.97. The van der Waals surface area contributed by atoms with E-state index in [0.29, 0.717) is 13.2 Å². The van der Waals surface area contributed by atoms with E-state index in [1.165, 1.54) is 4.90 Å². The molecule has 1 aliphatic heterocycles. The minimum absolute atomic E-state index is 0.111. The Balaban J connectivity index is 2.08. The van der Waals surface area contributed by atoms with E-state index in [0.717, 1.165) is 16.8 Å². The zero-order valence-corrected chi connectivity index (χ0v) is 12.3. The molecule has 1 heterocycles. The molecule has 0 aromatic heterocycles. The molecule has 0 saturated carbocycles. The van der Waals surface area contributed by atoms with Crippen molar-refractivity contribution in [1.82, 2.24) is 4.90 Å². The van der Waals surface area contributed by atoms with Crippen LogP contribution in [-0.4, -0.2) is 47.8 Å². The minimum atomic E-state index is -0.935. The number of nitrogens with one attached hydrogen (secondary N) is 1. The maximum absolute atomic E-state index is 12.4. The molecule has 1 aliphatic rings. The Kier molecular flexibility index (Phi) is 4.80. The number of amides is 2. The number of carbonyl (C=O) groups is 2. The van der Waals surface area contributed by atoms with Gasteiger partial charge in [0.15, 0.2) is 0 Å². The molecule has 2 rings (SSSR count). The number of carboxylic acid groups (broad SMARTS) is 1. The van der Waals surface area contributed by atoms with Crippen molar-refractivity contribution in [1.29, 1.82) is 0 Å². The average molecular weight is 292 g/mol. The van der Waals surface area contributed by atoms with Gasteiger partial charge in [-0.3, -0.25) is 4.79 Å². The number of aryl methyl sites for hydroxylation is 2. The predicted molar refractivity (Wildman–Crippen MR) is 78.5 cm³/mol. The zero-order chi connectivity index (χ0) is 15.4. The number of carboxylic acids is 1. The van der Waals surface area contributed by atoms with Crippen LogP contribution in [0, 0.1) is 13.8 Å². The van der Waals surface area contributed by atoms with Crippen molar-refractivity contribution in [3.63, 3.8) is 0 Å². The van der Waals surface area contributed by atoms with Crippen LogP contribution in [-0.2, 0) is 9.53 Å². The van der Waals surface area contributed by atoms with E-state index in [4.69, 9.17) is 9.84 Å². The maximum Gasteiger partial charge on any atom is 0.322 e. The van der Waals surface area contributed by atoms with Gasteiger partial charge in [0.1, 0.15) is 0 Å². The van der Waals surface area contributed by atoms with Crippen molar-refractivity contribution in [2.75, 3.05) is 25.1 Å².